The number of nitrogens with zero attached hydrogens (tertiary/aromatic N) is 2. The van der Waals surface area contributed by atoms with E-state index in [-0.39, 0.29) is 5.75 Å². The number of hydrogen-bond donors (Lipinski definition) is 3. The molecule has 30 heavy (non-hydrogen) atoms. The van der Waals surface area contributed by atoms with Crippen LogP contribution >= 0.6 is 0 Å². The molecule has 0 saturated carbocycles. The van der Waals surface area contributed by atoms with Gasteiger partial charge in [0.15, 0.2) is 5.96 Å². The molecule has 3 rings (SSSR count). The van der Waals surface area contributed by atoms with Crippen LogP contribution in [-0.2, 0) is 6.42 Å². The Morgan fingerprint density at radius 1 is 1.13 bits per heavy atom. The highest BCUT2D eigenvalue weighted by molar-refractivity contribution is 5.79. The maximum atomic E-state index is 10.2. The summed E-state index contributed by atoms with van der Waals surface area (Å²) in [6.45, 7) is 6.55. The molecule has 0 amide bonds. The lowest BCUT2D eigenvalue weighted by atomic mass is 10.1. The van der Waals surface area contributed by atoms with Gasteiger partial charge in [0.1, 0.15) is 11.5 Å². The van der Waals surface area contributed by atoms with Crippen molar-refractivity contribution in [2.45, 2.75) is 32.2 Å². The summed E-state index contributed by atoms with van der Waals surface area (Å²) in [6.07, 6.45) is 3.22. The summed E-state index contributed by atoms with van der Waals surface area (Å²) in [4.78, 5) is 7.43. The average Bonchev–Trinajstić information content (AvgIpc) is 3.30. The molecule has 1 atom stereocenters. The Labute approximate surface area is 180 Å². The molecule has 0 aromatic heterocycles. The topological polar surface area (TPSA) is 69.1 Å². The van der Waals surface area contributed by atoms with Crippen LogP contribution in [0.25, 0.3) is 0 Å². The molecule has 1 saturated heterocycles. The van der Waals surface area contributed by atoms with Gasteiger partial charge < -0.3 is 20.5 Å². The van der Waals surface area contributed by atoms with Crippen molar-refractivity contribution in [3.8, 4) is 11.5 Å². The van der Waals surface area contributed by atoms with E-state index in [2.05, 4.69) is 52.8 Å². The van der Waals surface area contributed by atoms with E-state index in [0.717, 1.165) is 31.2 Å². The van der Waals surface area contributed by atoms with Crippen molar-refractivity contribution in [1.29, 1.82) is 0 Å². The number of aliphatic imine (C=N–C) groups is 1. The molecule has 6 nitrogen and oxygen atoms in total. The van der Waals surface area contributed by atoms with Crippen molar-refractivity contribution in [1.82, 2.24) is 15.5 Å². The van der Waals surface area contributed by atoms with Crippen molar-refractivity contribution in [3.63, 3.8) is 0 Å². The molecule has 1 aliphatic heterocycles. The van der Waals surface area contributed by atoms with Crippen molar-refractivity contribution >= 4 is 5.96 Å². The van der Waals surface area contributed by atoms with Crippen LogP contribution in [0.1, 0.15) is 36.9 Å². The van der Waals surface area contributed by atoms with Gasteiger partial charge >= 0.3 is 0 Å². The lowest BCUT2D eigenvalue weighted by Gasteiger charge is -2.27. The minimum absolute atomic E-state index is 0.260. The van der Waals surface area contributed by atoms with Crippen LogP contribution in [0.4, 0.5) is 0 Å². The molecule has 6 heteroatoms. The van der Waals surface area contributed by atoms with Gasteiger partial charge in [-0.3, -0.25) is 9.89 Å². The van der Waals surface area contributed by atoms with E-state index in [9.17, 15) is 5.11 Å². The molecule has 0 spiro atoms. The summed E-state index contributed by atoms with van der Waals surface area (Å²) < 4.78 is 5.15. The number of guanidine groups is 1. The van der Waals surface area contributed by atoms with Gasteiger partial charge in [0.05, 0.1) is 19.7 Å². The number of rotatable bonds is 9. The molecule has 2 aromatic carbocycles. The van der Waals surface area contributed by atoms with Gasteiger partial charge in [-0.25, -0.2) is 0 Å². The Bertz CT molecular complexity index is 804. The van der Waals surface area contributed by atoms with Crippen LogP contribution in [0.3, 0.4) is 0 Å². The molecule has 162 valence electrons. The quantitative estimate of drug-likeness (QED) is 0.437. The number of phenols is 1. The van der Waals surface area contributed by atoms with E-state index < -0.39 is 0 Å². The summed E-state index contributed by atoms with van der Waals surface area (Å²) >= 11 is 0. The van der Waals surface area contributed by atoms with Gasteiger partial charge in [-0.2, -0.15) is 0 Å². The lowest BCUT2D eigenvalue weighted by Crippen LogP contribution is -2.39. The molecule has 1 unspecified atom stereocenters. The molecule has 1 fully saturated rings. The second-order valence-electron chi connectivity index (χ2n) is 7.56. The third-order valence-corrected chi connectivity index (χ3v) is 5.51. The minimum Gasteiger partial charge on any atom is -0.508 e. The van der Waals surface area contributed by atoms with Gasteiger partial charge in [-0.15, -0.1) is 0 Å². The fourth-order valence-electron chi connectivity index (χ4n) is 3.88. The fourth-order valence-corrected chi connectivity index (χ4v) is 3.88. The van der Waals surface area contributed by atoms with E-state index >= 15 is 0 Å². The first-order chi connectivity index (χ1) is 14.7. The SMILES string of the molecule is CCNC(=NCC(c1ccccc1)N1CCCC1)NCCc1ccc(OC)cc1O. The van der Waals surface area contributed by atoms with Crippen LogP contribution in [0, 0.1) is 0 Å². The Morgan fingerprint density at radius 2 is 1.90 bits per heavy atom. The second-order valence-corrected chi connectivity index (χ2v) is 7.56. The Balaban J connectivity index is 1.62. The highest BCUT2D eigenvalue weighted by Crippen LogP contribution is 2.25. The van der Waals surface area contributed by atoms with Crippen LogP contribution in [0.5, 0.6) is 11.5 Å². The minimum atomic E-state index is 0.260. The fraction of sp³-hybridized carbons (Fsp3) is 0.458. The predicted octanol–water partition coefficient (Wildman–Crippen LogP) is 3.34. The van der Waals surface area contributed by atoms with Gasteiger partial charge in [0.2, 0.25) is 0 Å². The van der Waals surface area contributed by atoms with Gasteiger partial charge in [-0.05, 0) is 56.5 Å². The Kier molecular flexibility index (Phi) is 8.39. The molecule has 0 aliphatic carbocycles. The van der Waals surface area contributed by atoms with E-state index in [0.29, 0.717) is 31.3 Å². The Hall–Kier alpha value is -2.73. The zero-order chi connectivity index (χ0) is 21.2. The van der Waals surface area contributed by atoms with Crippen molar-refractivity contribution in [2.75, 3.05) is 39.8 Å². The van der Waals surface area contributed by atoms with E-state index in [1.807, 2.05) is 12.1 Å². The summed E-state index contributed by atoms with van der Waals surface area (Å²) in [5, 5.41) is 16.9. The predicted molar refractivity (Wildman–Crippen MR) is 122 cm³/mol. The first-order valence-corrected chi connectivity index (χ1v) is 10.9. The maximum Gasteiger partial charge on any atom is 0.191 e. The summed E-state index contributed by atoms with van der Waals surface area (Å²) in [5.41, 5.74) is 2.21. The first-order valence-electron chi connectivity index (χ1n) is 10.9. The zero-order valence-corrected chi connectivity index (χ0v) is 18.1. The molecule has 2 aromatic rings. The summed E-state index contributed by atoms with van der Waals surface area (Å²) in [7, 11) is 1.60. The number of aromatic hydroxyl groups is 1. The zero-order valence-electron chi connectivity index (χ0n) is 18.1. The number of nitrogens with one attached hydrogen (secondary N) is 2. The lowest BCUT2D eigenvalue weighted by molar-refractivity contribution is 0.251. The number of phenolic OH excluding ortho intramolecular Hbond substituents is 1. The van der Waals surface area contributed by atoms with Crippen LogP contribution in [-0.4, -0.2) is 55.8 Å². The smallest absolute Gasteiger partial charge is 0.191 e. The van der Waals surface area contributed by atoms with Gasteiger partial charge in [0.25, 0.3) is 0 Å². The standard InChI is InChI=1S/C24H34N4O2/c1-3-25-24(26-14-13-20-11-12-21(30-2)17-23(20)29)27-18-22(28-15-7-8-16-28)19-9-5-4-6-10-19/h4-6,9-12,17,22,29H,3,7-8,13-16,18H2,1-2H3,(H2,25,26,27). The van der Waals surface area contributed by atoms with Crippen molar-refractivity contribution < 1.29 is 9.84 Å². The molecule has 1 heterocycles. The monoisotopic (exact) mass is 410 g/mol. The third-order valence-electron chi connectivity index (χ3n) is 5.51. The molecular weight excluding hydrogens is 376 g/mol. The van der Waals surface area contributed by atoms with Gasteiger partial charge in [0, 0.05) is 19.2 Å². The molecule has 0 bridgehead atoms. The van der Waals surface area contributed by atoms with Gasteiger partial charge in [-0.1, -0.05) is 36.4 Å². The van der Waals surface area contributed by atoms with Crippen LogP contribution in [0.15, 0.2) is 53.5 Å². The summed E-state index contributed by atoms with van der Waals surface area (Å²) in [6, 6.07) is 16.4. The third kappa shape index (κ3) is 6.13. The number of benzene rings is 2. The second kappa shape index (κ2) is 11.5. The summed E-state index contributed by atoms with van der Waals surface area (Å²) in [5.74, 6) is 1.73. The highest BCUT2D eigenvalue weighted by Gasteiger charge is 2.23. The van der Waals surface area contributed by atoms with Crippen LogP contribution < -0.4 is 15.4 Å². The largest absolute Gasteiger partial charge is 0.508 e. The molecular formula is C24H34N4O2. The van der Waals surface area contributed by atoms with E-state index in [4.69, 9.17) is 9.73 Å². The molecule has 3 N–H and O–H groups in total. The first kappa shape index (κ1) is 22.0. The molecule has 0 radical (unpaired) electrons. The van der Waals surface area contributed by atoms with Crippen molar-refractivity contribution in [2.24, 2.45) is 4.99 Å². The number of likely N-dealkylation sites (tertiary alicyclic amines) is 1. The normalized spacial score (nSPS) is 15.7. The number of ether oxygens (including phenoxy) is 1. The van der Waals surface area contributed by atoms with Crippen LogP contribution in [0.2, 0.25) is 0 Å². The maximum absolute atomic E-state index is 10.2. The number of methoxy groups -OCH3 is 1. The van der Waals surface area contributed by atoms with E-state index in [1.165, 1.54) is 18.4 Å². The number of hydrogen-bond acceptors (Lipinski definition) is 4. The molecule has 1 aliphatic rings. The highest BCUT2D eigenvalue weighted by atomic mass is 16.5. The van der Waals surface area contributed by atoms with Crippen molar-refractivity contribution in [3.05, 3.63) is 59.7 Å². The van der Waals surface area contributed by atoms with E-state index in [1.54, 1.807) is 13.2 Å². The Morgan fingerprint density at radius 3 is 2.57 bits per heavy atom. The average molecular weight is 411 g/mol.